The Hall–Kier alpha value is -2.14. The molecule has 0 amide bonds. The minimum atomic E-state index is -1.13. The maximum atomic E-state index is 13.5. The number of aromatic carboxylic acids is 1. The van der Waals surface area contributed by atoms with Crippen molar-refractivity contribution < 1.29 is 14.3 Å². The lowest BCUT2D eigenvalue weighted by Crippen LogP contribution is -2.03. The van der Waals surface area contributed by atoms with Gasteiger partial charge in [0, 0.05) is 28.1 Å². The van der Waals surface area contributed by atoms with E-state index in [4.69, 9.17) is 5.11 Å². The number of para-hydroxylation sites is 1. The fraction of sp³-hybridized carbons (Fsp3) is 0.0625. The van der Waals surface area contributed by atoms with E-state index >= 15 is 0 Å². The van der Waals surface area contributed by atoms with Crippen LogP contribution < -0.4 is 0 Å². The zero-order valence-corrected chi connectivity index (χ0v) is 12.5. The molecule has 0 bridgehead atoms. The Morgan fingerprint density at radius 1 is 1.24 bits per heavy atom. The highest BCUT2D eigenvalue weighted by atomic mass is 79.9. The average molecular weight is 348 g/mol. The fourth-order valence-corrected chi connectivity index (χ4v) is 2.98. The van der Waals surface area contributed by atoms with Crippen LogP contribution in [0.4, 0.5) is 4.39 Å². The molecule has 0 aliphatic rings. The minimum Gasteiger partial charge on any atom is -0.478 e. The summed E-state index contributed by atoms with van der Waals surface area (Å²) in [5.74, 6) is -1.67. The summed E-state index contributed by atoms with van der Waals surface area (Å²) in [4.78, 5) is 11.0. The molecule has 3 aromatic rings. The number of rotatable bonds is 3. The second-order valence-corrected chi connectivity index (χ2v) is 5.63. The van der Waals surface area contributed by atoms with Gasteiger partial charge in [-0.1, -0.05) is 18.2 Å². The summed E-state index contributed by atoms with van der Waals surface area (Å²) < 4.78 is 16.4. The van der Waals surface area contributed by atoms with E-state index in [1.165, 1.54) is 12.1 Å². The highest BCUT2D eigenvalue weighted by Gasteiger charge is 2.10. The summed E-state index contributed by atoms with van der Waals surface area (Å²) in [6.07, 6.45) is 1.91. The third-order valence-electron chi connectivity index (χ3n) is 3.30. The van der Waals surface area contributed by atoms with Crippen molar-refractivity contribution in [2.75, 3.05) is 0 Å². The molecule has 21 heavy (non-hydrogen) atoms. The van der Waals surface area contributed by atoms with E-state index in [-0.39, 0.29) is 5.56 Å². The molecule has 0 radical (unpaired) electrons. The molecule has 0 fully saturated rings. The predicted octanol–water partition coefficient (Wildman–Crippen LogP) is 4.29. The van der Waals surface area contributed by atoms with E-state index < -0.39 is 11.8 Å². The molecule has 0 spiro atoms. The number of carbonyl (C=O) groups is 1. The largest absolute Gasteiger partial charge is 0.478 e. The van der Waals surface area contributed by atoms with E-state index in [1.807, 2.05) is 35.0 Å². The molecular formula is C16H11BrFNO2. The highest BCUT2D eigenvalue weighted by Crippen LogP contribution is 2.26. The molecule has 0 unspecified atom stereocenters. The van der Waals surface area contributed by atoms with Crippen LogP contribution in [0.15, 0.2) is 53.1 Å². The monoisotopic (exact) mass is 347 g/mol. The summed E-state index contributed by atoms with van der Waals surface area (Å²) in [5.41, 5.74) is 1.58. The first-order valence-electron chi connectivity index (χ1n) is 6.31. The summed E-state index contributed by atoms with van der Waals surface area (Å²) in [6, 6.07) is 11.7. The van der Waals surface area contributed by atoms with Crippen LogP contribution in [0.1, 0.15) is 15.9 Å². The number of carboxylic acids is 1. The molecule has 1 heterocycles. The zero-order valence-electron chi connectivity index (χ0n) is 10.9. The van der Waals surface area contributed by atoms with Crippen molar-refractivity contribution in [1.29, 1.82) is 0 Å². The lowest BCUT2D eigenvalue weighted by atomic mass is 10.1. The Balaban J connectivity index is 2.05. The number of hydrogen-bond acceptors (Lipinski definition) is 1. The van der Waals surface area contributed by atoms with Crippen molar-refractivity contribution in [1.82, 2.24) is 4.57 Å². The summed E-state index contributed by atoms with van der Waals surface area (Å²) in [5, 5.41) is 10.1. The zero-order chi connectivity index (χ0) is 15.0. The lowest BCUT2D eigenvalue weighted by Gasteiger charge is -2.07. The number of halogens is 2. The number of hydrogen-bond donors (Lipinski definition) is 1. The van der Waals surface area contributed by atoms with Crippen LogP contribution in [0.5, 0.6) is 0 Å². The number of fused-ring (bicyclic) bond motifs is 1. The van der Waals surface area contributed by atoms with Crippen LogP contribution in [-0.2, 0) is 6.54 Å². The van der Waals surface area contributed by atoms with Crippen LogP contribution in [0, 0.1) is 5.82 Å². The average Bonchev–Trinajstić information content (AvgIpc) is 2.75. The van der Waals surface area contributed by atoms with Crippen molar-refractivity contribution in [3.8, 4) is 0 Å². The second kappa shape index (κ2) is 5.33. The maximum absolute atomic E-state index is 13.5. The Bertz CT molecular complexity index is 841. The van der Waals surface area contributed by atoms with Gasteiger partial charge >= 0.3 is 5.97 Å². The SMILES string of the molecule is O=C(O)c1cc(F)cc(Cn2cc(Br)c3ccccc32)c1. The molecule has 3 nitrogen and oxygen atoms in total. The van der Waals surface area contributed by atoms with E-state index in [1.54, 1.807) is 0 Å². The molecule has 1 aromatic heterocycles. The molecule has 0 aliphatic heterocycles. The predicted molar refractivity (Wildman–Crippen MR) is 82.1 cm³/mol. The molecular weight excluding hydrogens is 337 g/mol. The number of carboxylic acid groups (broad SMARTS) is 1. The lowest BCUT2D eigenvalue weighted by molar-refractivity contribution is 0.0696. The van der Waals surface area contributed by atoms with Crippen LogP contribution in [0.25, 0.3) is 10.9 Å². The molecule has 3 rings (SSSR count). The van der Waals surface area contributed by atoms with E-state index in [2.05, 4.69) is 15.9 Å². The van der Waals surface area contributed by atoms with Gasteiger partial charge in [-0.15, -0.1) is 0 Å². The first-order valence-corrected chi connectivity index (χ1v) is 7.10. The van der Waals surface area contributed by atoms with E-state index in [9.17, 15) is 9.18 Å². The van der Waals surface area contributed by atoms with Crippen molar-refractivity contribution >= 4 is 32.8 Å². The smallest absolute Gasteiger partial charge is 0.335 e. The Morgan fingerprint density at radius 3 is 2.76 bits per heavy atom. The van der Waals surface area contributed by atoms with Gasteiger partial charge in [-0.3, -0.25) is 0 Å². The van der Waals surface area contributed by atoms with Gasteiger partial charge in [-0.2, -0.15) is 0 Å². The van der Waals surface area contributed by atoms with Gasteiger partial charge in [0.05, 0.1) is 5.56 Å². The van der Waals surface area contributed by atoms with Crippen LogP contribution in [0.3, 0.4) is 0 Å². The van der Waals surface area contributed by atoms with Gasteiger partial charge in [-0.05, 0) is 45.8 Å². The highest BCUT2D eigenvalue weighted by molar-refractivity contribution is 9.10. The molecule has 106 valence electrons. The van der Waals surface area contributed by atoms with Crippen molar-refractivity contribution in [3.63, 3.8) is 0 Å². The van der Waals surface area contributed by atoms with Crippen LogP contribution in [-0.4, -0.2) is 15.6 Å². The molecule has 0 aliphatic carbocycles. The van der Waals surface area contributed by atoms with Gasteiger partial charge in [-0.25, -0.2) is 9.18 Å². The third-order valence-corrected chi connectivity index (χ3v) is 3.93. The van der Waals surface area contributed by atoms with Crippen molar-refractivity contribution in [3.05, 3.63) is 70.1 Å². The number of nitrogens with zero attached hydrogens (tertiary/aromatic N) is 1. The molecule has 0 saturated heterocycles. The minimum absolute atomic E-state index is 0.0412. The number of aromatic nitrogens is 1. The Labute approximate surface area is 128 Å². The topological polar surface area (TPSA) is 42.2 Å². The molecule has 0 atom stereocenters. The standard InChI is InChI=1S/C16H11BrFNO2/c17-14-9-19(15-4-2-1-3-13(14)15)8-10-5-11(16(20)21)7-12(18)6-10/h1-7,9H,8H2,(H,20,21). The first kappa shape index (κ1) is 13.8. The van der Waals surface area contributed by atoms with Crippen LogP contribution >= 0.6 is 15.9 Å². The van der Waals surface area contributed by atoms with Gasteiger partial charge in [0.25, 0.3) is 0 Å². The van der Waals surface area contributed by atoms with Gasteiger partial charge in [0.1, 0.15) is 5.82 Å². The molecule has 0 saturated carbocycles. The Morgan fingerprint density at radius 2 is 2.00 bits per heavy atom. The van der Waals surface area contributed by atoms with E-state index in [0.717, 1.165) is 21.4 Å². The van der Waals surface area contributed by atoms with Crippen molar-refractivity contribution in [2.24, 2.45) is 0 Å². The summed E-state index contributed by atoms with van der Waals surface area (Å²) >= 11 is 3.49. The first-order chi connectivity index (χ1) is 10.0. The second-order valence-electron chi connectivity index (χ2n) is 4.78. The fourth-order valence-electron chi connectivity index (χ4n) is 2.39. The number of benzene rings is 2. The quantitative estimate of drug-likeness (QED) is 0.767. The third kappa shape index (κ3) is 2.69. The molecule has 5 heteroatoms. The Kier molecular flexibility index (Phi) is 3.51. The normalized spacial score (nSPS) is 11.0. The maximum Gasteiger partial charge on any atom is 0.335 e. The van der Waals surface area contributed by atoms with Crippen molar-refractivity contribution in [2.45, 2.75) is 6.54 Å². The summed E-state index contributed by atoms with van der Waals surface area (Å²) in [6.45, 7) is 0.407. The van der Waals surface area contributed by atoms with Crippen LogP contribution in [0.2, 0.25) is 0 Å². The summed E-state index contributed by atoms with van der Waals surface area (Å²) in [7, 11) is 0. The molecule has 1 N–H and O–H groups in total. The van der Waals surface area contributed by atoms with E-state index in [0.29, 0.717) is 12.1 Å². The molecule has 2 aromatic carbocycles. The van der Waals surface area contributed by atoms with Gasteiger partial charge < -0.3 is 9.67 Å². The van der Waals surface area contributed by atoms with Gasteiger partial charge in [0.15, 0.2) is 0 Å². The van der Waals surface area contributed by atoms with Gasteiger partial charge in [0.2, 0.25) is 0 Å².